The van der Waals surface area contributed by atoms with E-state index in [1.807, 2.05) is 45.0 Å². The molecule has 2 aromatic rings. The van der Waals surface area contributed by atoms with Gasteiger partial charge < -0.3 is 16.0 Å². The number of anilines is 3. The van der Waals surface area contributed by atoms with Gasteiger partial charge in [0.05, 0.1) is 11.9 Å². The van der Waals surface area contributed by atoms with Gasteiger partial charge >= 0.3 is 0 Å². The first kappa shape index (κ1) is 16.7. The molecular formula is C16H22N6O. The molecule has 0 radical (unpaired) electrons. The smallest absolute Gasteiger partial charge is 0.225 e. The minimum Gasteiger partial charge on any atom is -0.367 e. The Morgan fingerprint density at radius 1 is 1.09 bits per heavy atom. The molecule has 7 nitrogen and oxygen atoms in total. The second-order valence-corrected chi connectivity index (χ2v) is 6.10. The fraction of sp³-hybridized carbons (Fsp3) is 0.375. The fourth-order valence-electron chi connectivity index (χ4n) is 1.71. The van der Waals surface area contributed by atoms with Crippen LogP contribution in [0.5, 0.6) is 0 Å². The summed E-state index contributed by atoms with van der Waals surface area (Å²) in [7, 11) is 0. The van der Waals surface area contributed by atoms with Crippen LogP contribution in [0.1, 0.15) is 20.8 Å². The second-order valence-electron chi connectivity index (χ2n) is 6.10. The Bertz CT molecular complexity index is 621. The topological polar surface area (TPSA) is 91.8 Å². The third-order valence-electron chi connectivity index (χ3n) is 3.00. The summed E-state index contributed by atoms with van der Waals surface area (Å²) in [6.45, 7) is 6.78. The predicted molar refractivity (Wildman–Crippen MR) is 90.5 cm³/mol. The van der Waals surface area contributed by atoms with Crippen molar-refractivity contribution in [1.29, 1.82) is 0 Å². The normalized spacial score (nSPS) is 10.9. The molecule has 0 saturated carbocycles. The van der Waals surface area contributed by atoms with E-state index in [4.69, 9.17) is 0 Å². The molecule has 122 valence electrons. The van der Waals surface area contributed by atoms with Gasteiger partial charge in [0.15, 0.2) is 5.82 Å². The molecule has 7 heteroatoms. The molecule has 1 amide bonds. The number of carbonyl (C=O) groups is 1. The van der Waals surface area contributed by atoms with Crippen LogP contribution in [0, 0.1) is 5.41 Å². The average molecular weight is 314 g/mol. The Kier molecular flexibility index (Phi) is 5.46. The van der Waals surface area contributed by atoms with Gasteiger partial charge in [-0.2, -0.15) is 0 Å². The first-order valence-corrected chi connectivity index (χ1v) is 7.48. The van der Waals surface area contributed by atoms with E-state index in [-0.39, 0.29) is 11.3 Å². The van der Waals surface area contributed by atoms with Crippen LogP contribution in [0.3, 0.4) is 0 Å². The first-order valence-electron chi connectivity index (χ1n) is 7.48. The Hall–Kier alpha value is -2.70. The molecule has 0 saturated heterocycles. The zero-order valence-corrected chi connectivity index (χ0v) is 13.6. The van der Waals surface area contributed by atoms with Crippen LogP contribution >= 0.6 is 0 Å². The van der Waals surface area contributed by atoms with Gasteiger partial charge in [-0.15, -0.1) is 10.2 Å². The number of rotatable bonds is 6. The lowest BCUT2D eigenvalue weighted by molar-refractivity contribution is -0.128. The quantitative estimate of drug-likeness (QED) is 0.708. The van der Waals surface area contributed by atoms with Crippen molar-refractivity contribution in [2.75, 3.05) is 23.7 Å². The molecule has 0 spiro atoms. The largest absolute Gasteiger partial charge is 0.367 e. The molecule has 3 N–H and O–H groups in total. The number of aromatic nitrogens is 3. The molecule has 0 aromatic carbocycles. The third-order valence-corrected chi connectivity index (χ3v) is 3.00. The van der Waals surface area contributed by atoms with Crippen molar-refractivity contribution < 1.29 is 4.79 Å². The average Bonchev–Trinajstić information content (AvgIpc) is 2.53. The maximum Gasteiger partial charge on any atom is 0.225 e. The van der Waals surface area contributed by atoms with E-state index in [1.54, 1.807) is 12.4 Å². The number of nitrogens with zero attached hydrogens (tertiary/aromatic N) is 3. The number of nitrogens with one attached hydrogen (secondary N) is 3. The fourth-order valence-corrected chi connectivity index (χ4v) is 1.71. The molecule has 0 bridgehead atoms. The summed E-state index contributed by atoms with van der Waals surface area (Å²) in [6, 6.07) is 7.41. The van der Waals surface area contributed by atoms with Crippen molar-refractivity contribution >= 4 is 23.2 Å². The summed E-state index contributed by atoms with van der Waals surface area (Å²) >= 11 is 0. The van der Waals surface area contributed by atoms with Crippen LogP contribution < -0.4 is 16.0 Å². The van der Waals surface area contributed by atoms with Gasteiger partial charge in [-0.25, -0.2) is 0 Å². The van der Waals surface area contributed by atoms with Crippen molar-refractivity contribution in [3.8, 4) is 0 Å². The minimum atomic E-state index is -0.376. The molecule has 2 rings (SSSR count). The standard InChI is InChI=1S/C16H22N6O/c1-16(2,3)15(23)19-10-9-18-13-6-7-14(22-21-13)20-12-5-4-8-17-11-12/h4-8,11H,9-10H2,1-3H3,(H,18,21)(H,19,23)(H,20,22). The Balaban J connectivity index is 1.76. The van der Waals surface area contributed by atoms with Gasteiger partial charge in [0.2, 0.25) is 5.91 Å². The molecule has 0 aliphatic heterocycles. The second kappa shape index (κ2) is 7.53. The molecule has 23 heavy (non-hydrogen) atoms. The highest BCUT2D eigenvalue weighted by Gasteiger charge is 2.20. The van der Waals surface area contributed by atoms with E-state index in [0.717, 1.165) is 5.69 Å². The van der Waals surface area contributed by atoms with Gasteiger partial charge in [0.25, 0.3) is 0 Å². The number of pyridine rings is 1. The lowest BCUT2D eigenvalue weighted by Crippen LogP contribution is -2.37. The van der Waals surface area contributed by atoms with Crippen molar-refractivity contribution in [1.82, 2.24) is 20.5 Å². The van der Waals surface area contributed by atoms with E-state index >= 15 is 0 Å². The summed E-state index contributed by atoms with van der Waals surface area (Å²) in [5.41, 5.74) is 0.478. The van der Waals surface area contributed by atoms with E-state index in [9.17, 15) is 4.79 Å². The number of carbonyl (C=O) groups excluding carboxylic acids is 1. The summed E-state index contributed by atoms with van der Waals surface area (Å²) in [5.74, 6) is 1.33. The lowest BCUT2D eigenvalue weighted by atomic mass is 9.96. The maximum atomic E-state index is 11.7. The molecule has 0 aliphatic rings. The van der Waals surface area contributed by atoms with Crippen LogP contribution in [-0.2, 0) is 4.79 Å². The molecule has 0 atom stereocenters. The molecule has 2 heterocycles. The predicted octanol–water partition coefficient (Wildman–Crippen LogP) is 2.19. The van der Waals surface area contributed by atoms with E-state index in [1.165, 1.54) is 0 Å². The number of hydrogen-bond donors (Lipinski definition) is 3. The molecule has 2 aromatic heterocycles. The number of amides is 1. The van der Waals surface area contributed by atoms with Crippen molar-refractivity contribution in [2.45, 2.75) is 20.8 Å². The Morgan fingerprint density at radius 2 is 1.83 bits per heavy atom. The van der Waals surface area contributed by atoms with Crippen LogP contribution in [0.2, 0.25) is 0 Å². The molecular weight excluding hydrogens is 292 g/mol. The van der Waals surface area contributed by atoms with Crippen LogP contribution in [0.25, 0.3) is 0 Å². The summed E-state index contributed by atoms with van der Waals surface area (Å²) in [6.07, 6.45) is 3.42. The number of hydrogen-bond acceptors (Lipinski definition) is 6. The summed E-state index contributed by atoms with van der Waals surface area (Å²) in [5, 5.41) is 17.3. The van der Waals surface area contributed by atoms with Gasteiger partial charge in [-0.3, -0.25) is 9.78 Å². The van der Waals surface area contributed by atoms with E-state index in [2.05, 4.69) is 31.1 Å². The van der Waals surface area contributed by atoms with Crippen LogP contribution in [-0.4, -0.2) is 34.2 Å². The van der Waals surface area contributed by atoms with Crippen molar-refractivity contribution in [2.24, 2.45) is 5.41 Å². The van der Waals surface area contributed by atoms with Crippen LogP contribution in [0.4, 0.5) is 17.3 Å². The highest BCUT2D eigenvalue weighted by molar-refractivity contribution is 5.81. The zero-order valence-electron chi connectivity index (χ0n) is 13.6. The minimum absolute atomic E-state index is 0.0291. The van der Waals surface area contributed by atoms with E-state index in [0.29, 0.717) is 24.7 Å². The van der Waals surface area contributed by atoms with Crippen LogP contribution in [0.15, 0.2) is 36.7 Å². The Morgan fingerprint density at radius 3 is 2.43 bits per heavy atom. The van der Waals surface area contributed by atoms with Gasteiger partial charge in [-0.1, -0.05) is 20.8 Å². The lowest BCUT2D eigenvalue weighted by Gasteiger charge is -2.17. The molecule has 0 unspecified atom stereocenters. The van der Waals surface area contributed by atoms with Crippen molar-refractivity contribution in [3.63, 3.8) is 0 Å². The molecule has 0 fully saturated rings. The van der Waals surface area contributed by atoms with Gasteiger partial charge in [0, 0.05) is 24.7 Å². The highest BCUT2D eigenvalue weighted by Crippen LogP contribution is 2.13. The highest BCUT2D eigenvalue weighted by atomic mass is 16.2. The zero-order chi connectivity index (χ0) is 16.7. The maximum absolute atomic E-state index is 11.7. The summed E-state index contributed by atoms with van der Waals surface area (Å²) < 4.78 is 0. The van der Waals surface area contributed by atoms with E-state index < -0.39 is 0 Å². The van der Waals surface area contributed by atoms with Gasteiger partial charge in [0.1, 0.15) is 5.82 Å². The molecule has 0 aliphatic carbocycles. The third kappa shape index (κ3) is 5.54. The summed E-state index contributed by atoms with van der Waals surface area (Å²) in [4.78, 5) is 15.7. The monoisotopic (exact) mass is 314 g/mol. The first-order chi connectivity index (χ1) is 10.9. The van der Waals surface area contributed by atoms with Crippen molar-refractivity contribution in [3.05, 3.63) is 36.7 Å². The van der Waals surface area contributed by atoms with Gasteiger partial charge in [-0.05, 0) is 24.3 Å². The Labute approximate surface area is 135 Å². The SMILES string of the molecule is CC(C)(C)C(=O)NCCNc1ccc(Nc2cccnc2)nn1.